The summed E-state index contributed by atoms with van der Waals surface area (Å²) in [7, 11) is 0. The number of hydrogen-bond acceptors (Lipinski definition) is 4. The fraction of sp³-hybridized carbons (Fsp3) is 0.118. The molecule has 0 unspecified atom stereocenters. The maximum absolute atomic E-state index is 12.8. The summed E-state index contributed by atoms with van der Waals surface area (Å²) in [4.78, 5) is 6.41. The molecule has 0 saturated carbocycles. The van der Waals surface area contributed by atoms with Crippen LogP contribution in [0.15, 0.2) is 64.5 Å². The van der Waals surface area contributed by atoms with Gasteiger partial charge in [-0.1, -0.05) is 29.4 Å². The fourth-order valence-electron chi connectivity index (χ4n) is 2.07. The summed E-state index contributed by atoms with van der Waals surface area (Å²) in [5.74, 6) is 0. The molecule has 1 aromatic heterocycles. The van der Waals surface area contributed by atoms with E-state index >= 15 is 0 Å². The van der Waals surface area contributed by atoms with E-state index in [0.29, 0.717) is 15.9 Å². The summed E-state index contributed by atoms with van der Waals surface area (Å²) in [6.07, 6.45) is -2.61. The summed E-state index contributed by atoms with van der Waals surface area (Å²) < 4.78 is 38.8. The van der Waals surface area contributed by atoms with Crippen LogP contribution in [-0.2, 0) is 12.7 Å². The first-order valence-corrected chi connectivity index (χ1v) is 9.20. The number of nitrogens with one attached hydrogen (secondary N) is 1. The van der Waals surface area contributed by atoms with Crippen molar-refractivity contribution in [1.82, 2.24) is 4.98 Å². The van der Waals surface area contributed by atoms with Gasteiger partial charge in [0.15, 0.2) is 4.47 Å². The Morgan fingerprint density at radius 3 is 2.48 bits per heavy atom. The minimum Gasteiger partial charge on any atom is -0.380 e. The first-order valence-electron chi connectivity index (χ1n) is 7.19. The predicted molar refractivity (Wildman–Crippen MR) is 96.5 cm³/mol. The number of nitrogens with zero attached hydrogens (tertiary/aromatic N) is 1. The van der Waals surface area contributed by atoms with Crippen LogP contribution in [0.2, 0.25) is 4.47 Å². The quantitative estimate of drug-likeness (QED) is 0.523. The third kappa shape index (κ3) is 5.14. The second-order valence-electron chi connectivity index (χ2n) is 5.09. The predicted octanol–water partition coefficient (Wildman–Crippen LogP) is 6.58. The van der Waals surface area contributed by atoms with Gasteiger partial charge < -0.3 is 5.32 Å². The van der Waals surface area contributed by atoms with E-state index in [1.807, 2.05) is 24.3 Å². The normalized spacial score (nSPS) is 11.5. The molecular formula is C17H12ClF3N2S2. The summed E-state index contributed by atoms with van der Waals surface area (Å²) in [5, 5.41) is 3.25. The number of halogens is 4. The Morgan fingerprint density at radius 2 is 1.84 bits per heavy atom. The summed E-state index contributed by atoms with van der Waals surface area (Å²) in [5.41, 5.74) is 0.275. The molecule has 0 atom stereocenters. The third-order valence-electron chi connectivity index (χ3n) is 3.24. The van der Waals surface area contributed by atoms with Crippen molar-refractivity contribution < 1.29 is 13.2 Å². The SMILES string of the molecule is FC(F)(F)c1cccc(Sc2ccc(NCc3cnc(Cl)s3)cc2)c1. The Bertz CT molecular complexity index is 848. The lowest BCUT2D eigenvalue weighted by molar-refractivity contribution is -0.137. The van der Waals surface area contributed by atoms with Crippen LogP contribution in [0.4, 0.5) is 18.9 Å². The average Bonchev–Trinajstić information content (AvgIpc) is 2.99. The van der Waals surface area contributed by atoms with E-state index in [2.05, 4.69) is 10.3 Å². The van der Waals surface area contributed by atoms with Crippen LogP contribution in [0.5, 0.6) is 0 Å². The van der Waals surface area contributed by atoms with Gasteiger partial charge >= 0.3 is 6.18 Å². The van der Waals surface area contributed by atoms with Gasteiger partial charge in [0.05, 0.1) is 12.1 Å². The number of hydrogen-bond donors (Lipinski definition) is 1. The van der Waals surface area contributed by atoms with Crippen LogP contribution >= 0.6 is 34.7 Å². The molecule has 0 saturated heterocycles. The van der Waals surface area contributed by atoms with Crippen molar-refractivity contribution in [3.8, 4) is 0 Å². The maximum Gasteiger partial charge on any atom is 0.416 e. The highest BCUT2D eigenvalue weighted by Crippen LogP contribution is 2.34. The molecule has 0 spiro atoms. The Morgan fingerprint density at radius 1 is 1.08 bits per heavy atom. The van der Waals surface area contributed by atoms with E-state index in [1.165, 1.54) is 29.2 Å². The van der Waals surface area contributed by atoms with E-state index in [0.717, 1.165) is 27.6 Å². The zero-order valence-electron chi connectivity index (χ0n) is 12.7. The van der Waals surface area contributed by atoms with E-state index in [1.54, 1.807) is 12.3 Å². The van der Waals surface area contributed by atoms with Crippen molar-refractivity contribution in [2.24, 2.45) is 0 Å². The maximum atomic E-state index is 12.8. The second-order valence-corrected chi connectivity index (χ2v) is 7.93. The average molecular weight is 401 g/mol. The van der Waals surface area contributed by atoms with Gasteiger partial charge in [-0.3, -0.25) is 0 Å². The van der Waals surface area contributed by atoms with Crippen LogP contribution in [-0.4, -0.2) is 4.98 Å². The lowest BCUT2D eigenvalue weighted by atomic mass is 10.2. The Balaban J connectivity index is 1.62. The first kappa shape index (κ1) is 18.1. The van der Waals surface area contributed by atoms with Crippen LogP contribution in [0.3, 0.4) is 0 Å². The zero-order chi connectivity index (χ0) is 17.9. The van der Waals surface area contributed by atoms with Crippen LogP contribution < -0.4 is 5.32 Å². The molecule has 3 aromatic rings. The van der Waals surface area contributed by atoms with Crippen molar-refractivity contribution in [3.63, 3.8) is 0 Å². The second kappa shape index (κ2) is 7.68. The minimum atomic E-state index is -4.33. The third-order valence-corrected chi connectivity index (χ3v) is 5.36. The van der Waals surface area contributed by atoms with Crippen molar-refractivity contribution >= 4 is 40.4 Å². The molecule has 3 rings (SSSR count). The molecular weight excluding hydrogens is 389 g/mol. The van der Waals surface area contributed by atoms with Crippen molar-refractivity contribution in [2.45, 2.75) is 22.5 Å². The van der Waals surface area contributed by atoms with E-state index in [-0.39, 0.29) is 0 Å². The molecule has 1 heterocycles. The molecule has 0 bridgehead atoms. The Hall–Kier alpha value is -1.70. The standard InChI is InChI=1S/C17H12ClF3N2S2/c18-16-23-10-15(25-16)9-22-12-4-6-13(7-5-12)24-14-3-1-2-11(8-14)17(19,20)21/h1-8,10,22H,9H2. The summed E-state index contributed by atoms with van der Waals surface area (Å²) >= 11 is 8.49. The molecule has 0 aliphatic carbocycles. The lowest BCUT2D eigenvalue weighted by Gasteiger charge is -2.09. The number of thiazole rings is 1. The summed E-state index contributed by atoms with van der Waals surface area (Å²) in [6.45, 7) is 0.616. The van der Waals surface area contributed by atoms with Gasteiger partial charge in [0.2, 0.25) is 0 Å². The molecule has 0 aliphatic rings. The van der Waals surface area contributed by atoms with Crippen LogP contribution in [0.25, 0.3) is 0 Å². The molecule has 25 heavy (non-hydrogen) atoms. The van der Waals surface area contributed by atoms with E-state index in [4.69, 9.17) is 11.6 Å². The molecule has 2 nitrogen and oxygen atoms in total. The van der Waals surface area contributed by atoms with Crippen molar-refractivity contribution in [2.75, 3.05) is 5.32 Å². The summed E-state index contributed by atoms with van der Waals surface area (Å²) in [6, 6.07) is 12.8. The number of alkyl halides is 3. The van der Waals surface area contributed by atoms with Gasteiger partial charge in [0.25, 0.3) is 0 Å². The number of aromatic nitrogens is 1. The Kier molecular flexibility index (Phi) is 5.56. The molecule has 0 radical (unpaired) electrons. The monoisotopic (exact) mass is 400 g/mol. The van der Waals surface area contributed by atoms with Crippen molar-refractivity contribution in [3.05, 3.63) is 69.6 Å². The molecule has 0 amide bonds. The highest BCUT2D eigenvalue weighted by Gasteiger charge is 2.30. The highest BCUT2D eigenvalue weighted by molar-refractivity contribution is 7.99. The Labute approximate surface area is 156 Å². The smallest absolute Gasteiger partial charge is 0.380 e. The minimum absolute atomic E-state index is 0.504. The van der Waals surface area contributed by atoms with Gasteiger partial charge in [0, 0.05) is 26.6 Å². The molecule has 2 aromatic carbocycles. The van der Waals surface area contributed by atoms with Crippen molar-refractivity contribution in [1.29, 1.82) is 0 Å². The zero-order valence-corrected chi connectivity index (χ0v) is 15.1. The van der Waals surface area contributed by atoms with E-state index in [9.17, 15) is 13.2 Å². The van der Waals surface area contributed by atoms with Gasteiger partial charge in [-0.2, -0.15) is 13.2 Å². The molecule has 8 heteroatoms. The van der Waals surface area contributed by atoms with Crippen LogP contribution in [0, 0.1) is 0 Å². The molecule has 0 fully saturated rings. The van der Waals surface area contributed by atoms with Gasteiger partial charge in [-0.15, -0.1) is 11.3 Å². The van der Waals surface area contributed by atoms with Gasteiger partial charge in [-0.25, -0.2) is 4.98 Å². The van der Waals surface area contributed by atoms with Gasteiger partial charge in [-0.05, 0) is 42.5 Å². The molecule has 1 N–H and O–H groups in total. The number of rotatable bonds is 5. The number of anilines is 1. The molecule has 130 valence electrons. The van der Waals surface area contributed by atoms with E-state index < -0.39 is 11.7 Å². The lowest BCUT2D eigenvalue weighted by Crippen LogP contribution is -2.04. The largest absolute Gasteiger partial charge is 0.416 e. The van der Waals surface area contributed by atoms with Gasteiger partial charge in [0.1, 0.15) is 0 Å². The number of benzene rings is 2. The molecule has 0 aliphatic heterocycles. The topological polar surface area (TPSA) is 24.9 Å². The highest BCUT2D eigenvalue weighted by atomic mass is 35.5. The van der Waals surface area contributed by atoms with Crippen LogP contribution in [0.1, 0.15) is 10.4 Å². The fourth-order valence-corrected chi connectivity index (χ4v) is 3.86. The first-order chi connectivity index (χ1) is 11.9.